The van der Waals surface area contributed by atoms with Crippen molar-refractivity contribution in [1.29, 1.82) is 0 Å². The van der Waals surface area contributed by atoms with Crippen LogP contribution < -0.4 is 22.1 Å². The molecule has 0 spiro atoms. The van der Waals surface area contributed by atoms with Gasteiger partial charge in [-0.1, -0.05) is 34.3 Å². The van der Waals surface area contributed by atoms with Crippen molar-refractivity contribution >= 4 is 76.8 Å². The van der Waals surface area contributed by atoms with Crippen LogP contribution in [0.1, 0.15) is 33.3 Å². The van der Waals surface area contributed by atoms with Crippen molar-refractivity contribution in [3.63, 3.8) is 0 Å². The van der Waals surface area contributed by atoms with E-state index in [0.717, 1.165) is 15.0 Å². The van der Waals surface area contributed by atoms with E-state index in [2.05, 4.69) is 20.6 Å². The number of thiazole rings is 2. The molecule has 0 bridgehead atoms. The summed E-state index contributed by atoms with van der Waals surface area (Å²) in [6.07, 6.45) is 0. The minimum atomic E-state index is -1.03. The minimum Gasteiger partial charge on any atom is -0.318 e. The first-order valence-corrected chi connectivity index (χ1v) is 10.4. The molecule has 2 heterocycles. The molecule has 1 aromatic carbocycles. The van der Waals surface area contributed by atoms with Gasteiger partial charge in [0.15, 0.2) is 10.3 Å². The van der Waals surface area contributed by atoms with Gasteiger partial charge in [-0.05, 0) is 40.2 Å². The first-order chi connectivity index (χ1) is 12.8. The molecule has 0 saturated heterocycles. The van der Waals surface area contributed by atoms with E-state index >= 15 is 0 Å². The number of hydrogen-bond acceptors (Lipinski definition) is 8. The molecule has 2 aromatic heterocycles. The number of aromatic nitrogens is 2. The molecule has 6 N–H and O–H groups in total. The number of amides is 2. The highest BCUT2D eigenvalue weighted by molar-refractivity contribution is 7.25. The Morgan fingerprint density at radius 2 is 1.25 bits per heavy atom. The Hall–Kier alpha value is -1.85. The van der Waals surface area contributed by atoms with E-state index in [4.69, 9.17) is 23.1 Å². The molecule has 0 aliphatic carbocycles. The van der Waals surface area contributed by atoms with E-state index in [0.29, 0.717) is 26.3 Å². The molecule has 2 amide bonds. The summed E-state index contributed by atoms with van der Waals surface area (Å²) in [5.74, 6) is -0.677. The average Bonchev–Trinajstić information content (AvgIpc) is 3.15. The van der Waals surface area contributed by atoms with E-state index in [1.54, 1.807) is 27.7 Å². The van der Waals surface area contributed by atoms with Gasteiger partial charge in [-0.25, -0.2) is 9.97 Å². The Labute approximate surface area is 174 Å². The third kappa shape index (κ3) is 3.83. The fraction of sp³-hybridized carbons (Fsp3) is 0.412. The first-order valence-electron chi connectivity index (χ1n) is 8.39. The maximum Gasteiger partial charge on any atom is 0.245 e. The van der Waals surface area contributed by atoms with Crippen molar-refractivity contribution in [2.24, 2.45) is 11.5 Å². The minimum absolute atomic E-state index is 0.338. The normalized spacial score (nSPS) is 12.6. The summed E-state index contributed by atoms with van der Waals surface area (Å²) in [7, 11) is 0. The van der Waals surface area contributed by atoms with Crippen LogP contribution in [0.5, 0.6) is 0 Å². The third-order valence-corrected chi connectivity index (χ3v) is 6.50. The van der Waals surface area contributed by atoms with Gasteiger partial charge in [0.1, 0.15) is 11.0 Å². The van der Waals surface area contributed by atoms with Crippen molar-refractivity contribution in [2.75, 3.05) is 10.6 Å². The lowest BCUT2D eigenvalue weighted by Crippen LogP contribution is -2.45. The van der Waals surface area contributed by atoms with E-state index in [9.17, 15) is 9.59 Å². The lowest BCUT2D eigenvalue weighted by molar-refractivity contribution is -0.120. The van der Waals surface area contributed by atoms with Crippen molar-refractivity contribution in [3.8, 4) is 0 Å². The highest BCUT2D eigenvalue weighted by atomic mass is 35.5. The number of nitrogens with zero attached hydrogens (tertiary/aromatic N) is 2. The number of benzene rings is 1. The van der Waals surface area contributed by atoms with Gasteiger partial charge in [-0.2, -0.15) is 0 Å². The number of fused-ring (bicyclic) bond motifs is 2. The van der Waals surface area contributed by atoms with Gasteiger partial charge in [0.25, 0.3) is 0 Å². The second-order valence-corrected chi connectivity index (χ2v) is 10.1. The van der Waals surface area contributed by atoms with Gasteiger partial charge in [-0.3, -0.25) is 9.59 Å². The van der Waals surface area contributed by atoms with Gasteiger partial charge in [0, 0.05) is 0 Å². The smallest absolute Gasteiger partial charge is 0.245 e. The highest BCUT2D eigenvalue weighted by Gasteiger charge is 2.26. The molecule has 0 atom stereocenters. The van der Waals surface area contributed by atoms with Crippen LogP contribution in [0.15, 0.2) is 0 Å². The summed E-state index contributed by atoms with van der Waals surface area (Å²) in [6.45, 7) is 8.39. The quantitative estimate of drug-likeness (QED) is 0.491. The van der Waals surface area contributed by atoms with Crippen molar-refractivity contribution < 1.29 is 9.59 Å². The average molecular weight is 441 g/mol. The molecule has 0 unspecified atom stereocenters. The van der Waals surface area contributed by atoms with E-state index in [1.165, 1.54) is 22.7 Å². The molecule has 150 valence electrons. The summed E-state index contributed by atoms with van der Waals surface area (Å²) >= 11 is 9.17. The maximum atomic E-state index is 12.1. The van der Waals surface area contributed by atoms with Gasteiger partial charge < -0.3 is 22.1 Å². The van der Waals surface area contributed by atoms with Gasteiger partial charge >= 0.3 is 0 Å². The van der Waals surface area contributed by atoms with Crippen molar-refractivity contribution in [2.45, 2.75) is 45.7 Å². The molecule has 3 rings (SSSR count). The number of carbonyl (C=O) groups excluding carboxylic acids is 2. The molecule has 0 aliphatic rings. The molecule has 11 heteroatoms. The van der Waals surface area contributed by atoms with Gasteiger partial charge in [-0.15, -0.1) is 0 Å². The second-order valence-electron chi connectivity index (χ2n) is 7.68. The van der Waals surface area contributed by atoms with Crippen molar-refractivity contribution in [3.05, 3.63) is 10.6 Å². The Balaban J connectivity index is 2.05. The van der Waals surface area contributed by atoms with E-state index in [-0.39, 0.29) is 11.8 Å². The van der Waals surface area contributed by atoms with Crippen LogP contribution in [0.4, 0.5) is 10.3 Å². The number of nitrogens with two attached hydrogens (primary N) is 2. The zero-order valence-electron chi connectivity index (χ0n) is 16.1. The molecule has 8 nitrogen and oxygen atoms in total. The molecular formula is C17H21ClN6O2S2. The standard InChI is InChI=1S/C17H21ClN6O2S2/c1-6-10-8(21-14(27-10)23-12(25)16(2,3)19)7(18)9-11(6)28-15(22-9)24-13(26)17(4,5)20/h19-20H2,1-5H3,(H,21,23,25)(H,22,24,26). The van der Waals surface area contributed by atoms with Crippen LogP contribution >= 0.6 is 34.3 Å². The van der Waals surface area contributed by atoms with Gasteiger partial charge in [0.2, 0.25) is 11.8 Å². The van der Waals surface area contributed by atoms with Crippen LogP contribution in [0.3, 0.4) is 0 Å². The molecular weight excluding hydrogens is 420 g/mol. The lowest BCUT2D eigenvalue weighted by Gasteiger charge is -2.16. The Kier molecular flexibility index (Phi) is 5.13. The zero-order valence-corrected chi connectivity index (χ0v) is 18.4. The predicted molar refractivity (Wildman–Crippen MR) is 116 cm³/mol. The van der Waals surface area contributed by atoms with E-state index in [1.807, 2.05) is 6.92 Å². The predicted octanol–water partition coefficient (Wildman–Crippen LogP) is 3.22. The summed E-state index contributed by atoms with van der Waals surface area (Å²) in [5, 5.41) is 6.64. The monoisotopic (exact) mass is 440 g/mol. The van der Waals surface area contributed by atoms with Crippen LogP contribution in [-0.2, 0) is 9.59 Å². The lowest BCUT2D eigenvalue weighted by atomic mass is 10.1. The number of nitrogens with one attached hydrogen (secondary N) is 2. The highest BCUT2D eigenvalue weighted by Crippen LogP contribution is 2.42. The maximum absolute atomic E-state index is 12.1. The SMILES string of the molecule is Cc1c2sc(NC(=O)C(C)(C)N)nc2c(Cl)c2nc(NC(=O)C(C)(C)N)sc12. The van der Waals surface area contributed by atoms with Crippen LogP contribution in [0.2, 0.25) is 5.02 Å². The molecule has 3 aromatic rings. The summed E-state index contributed by atoms with van der Waals surface area (Å²) < 4.78 is 1.67. The zero-order chi connectivity index (χ0) is 21.0. The first kappa shape index (κ1) is 20.9. The Morgan fingerprint density at radius 3 is 1.57 bits per heavy atom. The third-order valence-electron chi connectivity index (χ3n) is 3.96. The number of rotatable bonds is 4. The summed E-state index contributed by atoms with van der Waals surface area (Å²) in [5.41, 5.74) is 11.6. The Morgan fingerprint density at radius 1 is 0.893 bits per heavy atom. The topological polar surface area (TPSA) is 136 Å². The molecule has 0 aliphatic heterocycles. The number of carbonyl (C=O) groups is 2. The number of halogens is 1. The number of aryl methyl sites for hydroxylation is 1. The molecule has 0 saturated carbocycles. The fourth-order valence-corrected chi connectivity index (χ4v) is 4.68. The van der Waals surface area contributed by atoms with Gasteiger partial charge in [0.05, 0.1) is 25.5 Å². The summed E-state index contributed by atoms with van der Waals surface area (Å²) in [6, 6.07) is 0. The largest absolute Gasteiger partial charge is 0.318 e. The molecule has 0 fully saturated rings. The van der Waals surface area contributed by atoms with Crippen LogP contribution in [0.25, 0.3) is 20.4 Å². The molecule has 0 radical (unpaired) electrons. The van der Waals surface area contributed by atoms with Crippen LogP contribution in [0, 0.1) is 6.92 Å². The second kappa shape index (κ2) is 6.89. The molecule has 28 heavy (non-hydrogen) atoms. The number of anilines is 2. The summed E-state index contributed by atoms with van der Waals surface area (Å²) in [4.78, 5) is 33.1. The fourth-order valence-electron chi connectivity index (χ4n) is 2.28. The number of hydrogen-bond donors (Lipinski definition) is 4. The van der Waals surface area contributed by atoms with Crippen LogP contribution in [-0.4, -0.2) is 32.9 Å². The van der Waals surface area contributed by atoms with Crippen molar-refractivity contribution in [1.82, 2.24) is 9.97 Å². The Bertz CT molecular complexity index is 966. The van der Waals surface area contributed by atoms with E-state index < -0.39 is 11.1 Å².